The molecule has 106 valence electrons. The van der Waals surface area contributed by atoms with Gasteiger partial charge in [-0.05, 0) is 29.8 Å². The molecule has 0 aliphatic rings. The maximum atomic E-state index is 13.4. The molecule has 1 aromatic heterocycles. The molecule has 0 aliphatic carbocycles. The van der Waals surface area contributed by atoms with Crippen molar-refractivity contribution >= 4 is 5.97 Å². The number of nitrogens with one attached hydrogen (secondary N) is 1. The van der Waals surface area contributed by atoms with Crippen LogP contribution in [0.25, 0.3) is 0 Å². The highest BCUT2D eigenvalue weighted by atomic mass is 19.3. The molecule has 0 spiro atoms. The van der Waals surface area contributed by atoms with Gasteiger partial charge in [0.1, 0.15) is 12.3 Å². The molecule has 0 saturated heterocycles. The second-order valence-corrected chi connectivity index (χ2v) is 3.80. The molecule has 2 rings (SSSR count). The van der Waals surface area contributed by atoms with Crippen LogP contribution in [0.3, 0.4) is 0 Å². The lowest BCUT2D eigenvalue weighted by Crippen LogP contribution is -2.07. The van der Waals surface area contributed by atoms with E-state index in [4.69, 9.17) is 4.74 Å². The Morgan fingerprint density at radius 1 is 1.30 bits per heavy atom. The van der Waals surface area contributed by atoms with Crippen LogP contribution in [-0.4, -0.2) is 17.6 Å². The smallest absolute Gasteiger partial charge is 0.387 e. The minimum absolute atomic E-state index is 0.177. The predicted molar refractivity (Wildman–Crippen MR) is 62.9 cm³/mol. The number of halogens is 3. The van der Waals surface area contributed by atoms with Crippen LogP contribution < -0.4 is 4.74 Å². The second kappa shape index (κ2) is 6.14. The molecule has 0 fully saturated rings. The lowest BCUT2D eigenvalue weighted by Gasteiger charge is -2.08. The Kier molecular flexibility index (Phi) is 4.29. The van der Waals surface area contributed by atoms with Crippen LogP contribution in [0.2, 0.25) is 0 Å². The normalized spacial score (nSPS) is 10.6. The standard InChI is InChI=1S/C13H10F3NO3/c14-9-6-8(3-4-11(9)20-13(15)16)7-19-12(18)10-2-1-5-17-10/h1-6,13,17H,7H2. The summed E-state index contributed by atoms with van der Waals surface area (Å²) in [6.07, 6.45) is 1.56. The minimum atomic E-state index is -3.10. The van der Waals surface area contributed by atoms with Crippen molar-refractivity contribution in [1.29, 1.82) is 0 Å². The van der Waals surface area contributed by atoms with Crippen molar-refractivity contribution in [2.24, 2.45) is 0 Å². The fourth-order valence-electron chi connectivity index (χ4n) is 1.51. The lowest BCUT2D eigenvalue weighted by molar-refractivity contribution is -0.0522. The largest absolute Gasteiger partial charge is 0.456 e. The Morgan fingerprint density at radius 3 is 2.70 bits per heavy atom. The molecule has 0 bridgehead atoms. The SMILES string of the molecule is O=C(OCc1ccc(OC(F)F)c(F)c1)c1ccc[nH]1. The first-order valence-corrected chi connectivity index (χ1v) is 5.60. The Bertz CT molecular complexity index is 585. The monoisotopic (exact) mass is 285 g/mol. The summed E-state index contributed by atoms with van der Waals surface area (Å²) in [5.41, 5.74) is 0.590. The number of H-pyrrole nitrogens is 1. The van der Waals surface area contributed by atoms with Crippen molar-refractivity contribution in [2.45, 2.75) is 13.2 Å². The molecule has 0 amide bonds. The number of esters is 1. The molecule has 0 unspecified atom stereocenters. The highest BCUT2D eigenvalue weighted by Crippen LogP contribution is 2.20. The molecular formula is C13H10F3NO3. The van der Waals surface area contributed by atoms with E-state index in [-0.39, 0.29) is 12.3 Å². The van der Waals surface area contributed by atoms with Gasteiger partial charge in [0.2, 0.25) is 0 Å². The number of ether oxygens (including phenoxy) is 2. The van der Waals surface area contributed by atoms with Gasteiger partial charge >= 0.3 is 12.6 Å². The zero-order chi connectivity index (χ0) is 14.5. The van der Waals surface area contributed by atoms with Crippen LogP contribution in [0.4, 0.5) is 13.2 Å². The summed E-state index contributed by atoms with van der Waals surface area (Å²) in [5, 5.41) is 0. The third-order valence-electron chi connectivity index (χ3n) is 2.40. The number of alkyl halides is 2. The summed E-state index contributed by atoms with van der Waals surface area (Å²) in [7, 11) is 0. The van der Waals surface area contributed by atoms with Gasteiger partial charge in [-0.2, -0.15) is 8.78 Å². The first-order valence-electron chi connectivity index (χ1n) is 5.60. The molecule has 0 radical (unpaired) electrons. The summed E-state index contributed by atoms with van der Waals surface area (Å²) >= 11 is 0. The van der Waals surface area contributed by atoms with Gasteiger partial charge in [0, 0.05) is 6.20 Å². The van der Waals surface area contributed by atoms with E-state index in [0.29, 0.717) is 5.56 Å². The Morgan fingerprint density at radius 2 is 2.10 bits per heavy atom. The number of carbonyl (C=O) groups excluding carboxylic acids is 1. The van der Waals surface area contributed by atoms with Gasteiger partial charge < -0.3 is 14.5 Å². The van der Waals surface area contributed by atoms with Crippen LogP contribution in [0.1, 0.15) is 16.1 Å². The zero-order valence-corrected chi connectivity index (χ0v) is 10.1. The molecule has 7 heteroatoms. The van der Waals surface area contributed by atoms with Crippen molar-refractivity contribution in [3.63, 3.8) is 0 Å². The van der Waals surface area contributed by atoms with Gasteiger partial charge in [-0.1, -0.05) is 6.07 Å². The molecule has 0 saturated carbocycles. The summed E-state index contributed by atoms with van der Waals surface area (Å²) in [6, 6.07) is 6.52. The molecule has 0 aliphatic heterocycles. The number of benzene rings is 1. The van der Waals surface area contributed by atoms with E-state index in [0.717, 1.165) is 12.1 Å². The predicted octanol–water partition coefficient (Wildman–Crippen LogP) is 3.11. The van der Waals surface area contributed by atoms with Gasteiger partial charge in [-0.15, -0.1) is 0 Å². The number of hydrogen-bond donors (Lipinski definition) is 1. The third-order valence-corrected chi connectivity index (χ3v) is 2.40. The number of hydrogen-bond acceptors (Lipinski definition) is 3. The fraction of sp³-hybridized carbons (Fsp3) is 0.154. The van der Waals surface area contributed by atoms with Crippen LogP contribution in [0.15, 0.2) is 36.5 Å². The fourth-order valence-corrected chi connectivity index (χ4v) is 1.51. The summed E-state index contributed by atoms with van der Waals surface area (Å²) < 4.78 is 46.2. The van der Waals surface area contributed by atoms with E-state index in [2.05, 4.69) is 9.72 Å². The van der Waals surface area contributed by atoms with Gasteiger partial charge in [0.25, 0.3) is 0 Å². The van der Waals surface area contributed by atoms with Crippen molar-refractivity contribution < 1.29 is 27.4 Å². The van der Waals surface area contributed by atoms with E-state index >= 15 is 0 Å². The van der Waals surface area contributed by atoms with Crippen LogP contribution >= 0.6 is 0 Å². The number of aromatic nitrogens is 1. The molecule has 4 nitrogen and oxygen atoms in total. The van der Waals surface area contributed by atoms with Gasteiger partial charge in [0.05, 0.1) is 0 Å². The van der Waals surface area contributed by atoms with Crippen molar-refractivity contribution in [1.82, 2.24) is 4.98 Å². The van der Waals surface area contributed by atoms with Gasteiger partial charge in [-0.25, -0.2) is 9.18 Å². The first kappa shape index (κ1) is 14.0. The van der Waals surface area contributed by atoms with Crippen molar-refractivity contribution in [3.05, 3.63) is 53.6 Å². The maximum Gasteiger partial charge on any atom is 0.387 e. The quantitative estimate of drug-likeness (QED) is 0.859. The highest BCUT2D eigenvalue weighted by Gasteiger charge is 2.12. The molecule has 1 N–H and O–H groups in total. The zero-order valence-electron chi connectivity index (χ0n) is 10.1. The van der Waals surface area contributed by atoms with Crippen molar-refractivity contribution in [3.8, 4) is 5.75 Å². The summed E-state index contributed by atoms with van der Waals surface area (Å²) in [5.74, 6) is -2.10. The third kappa shape index (κ3) is 3.53. The maximum absolute atomic E-state index is 13.4. The van der Waals surface area contributed by atoms with E-state index in [1.54, 1.807) is 12.3 Å². The Balaban J connectivity index is 1.97. The van der Waals surface area contributed by atoms with E-state index in [1.165, 1.54) is 12.1 Å². The molecule has 1 aromatic carbocycles. The molecule has 0 atom stereocenters. The van der Waals surface area contributed by atoms with Gasteiger partial charge in [-0.3, -0.25) is 0 Å². The minimum Gasteiger partial charge on any atom is -0.456 e. The first-order chi connectivity index (χ1) is 9.56. The average molecular weight is 285 g/mol. The Labute approximate surface area is 112 Å². The van der Waals surface area contributed by atoms with Crippen LogP contribution in [-0.2, 0) is 11.3 Å². The topological polar surface area (TPSA) is 51.3 Å². The molecular weight excluding hydrogens is 275 g/mol. The molecule has 20 heavy (non-hydrogen) atoms. The Hall–Kier alpha value is -2.44. The second-order valence-electron chi connectivity index (χ2n) is 3.80. The summed E-state index contributed by atoms with van der Waals surface area (Å²) in [6.45, 7) is -3.27. The van der Waals surface area contributed by atoms with Crippen molar-refractivity contribution in [2.75, 3.05) is 0 Å². The molecule has 1 heterocycles. The van der Waals surface area contributed by atoms with Crippen LogP contribution in [0.5, 0.6) is 5.75 Å². The van der Waals surface area contributed by atoms with E-state index in [9.17, 15) is 18.0 Å². The van der Waals surface area contributed by atoms with Gasteiger partial charge in [0.15, 0.2) is 11.6 Å². The lowest BCUT2D eigenvalue weighted by atomic mass is 10.2. The van der Waals surface area contributed by atoms with Crippen LogP contribution in [0, 0.1) is 5.82 Å². The van der Waals surface area contributed by atoms with E-state index in [1.807, 2.05) is 0 Å². The molecule has 2 aromatic rings. The highest BCUT2D eigenvalue weighted by molar-refractivity contribution is 5.87. The number of carbonyl (C=O) groups is 1. The number of rotatable bonds is 5. The summed E-state index contributed by atoms with van der Waals surface area (Å²) in [4.78, 5) is 14.2. The average Bonchev–Trinajstić information content (AvgIpc) is 2.92. The van der Waals surface area contributed by atoms with E-state index < -0.39 is 24.1 Å². The number of aromatic amines is 1.